The highest BCUT2D eigenvalue weighted by Crippen LogP contribution is 2.23. The van der Waals surface area contributed by atoms with E-state index in [-0.39, 0.29) is 5.91 Å². The van der Waals surface area contributed by atoms with Crippen molar-refractivity contribution in [2.75, 3.05) is 0 Å². The molecule has 0 bridgehead atoms. The first-order valence-electron chi connectivity index (χ1n) is 5.46. The molecule has 0 fully saturated rings. The lowest BCUT2D eigenvalue weighted by Crippen LogP contribution is -2.25. The van der Waals surface area contributed by atoms with Gasteiger partial charge < -0.3 is 4.90 Å². The molecule has 1 aromatic heterocycles. The minimum atomic E-state index is -0.0608. The molecule has 3 rings (SSSR count). The first-order valence-corrected chi connectivity index (χ1v) is 5.46. The maximum atomic E-state index is 12.1. The number of aryl methyl sites for hydroxylation is 1. The number of nitrogens with zero attached hydrogens (tertiary/aromatic N) is 4. The highest BCUT2D eigenvalue weighted by atomic mass is 16.2. The topological polar surface area (TPSA) is 51.0 Å². The SMILES string of the molecule is Cn1cc(C(=O)N2Cc3ccccc3C2)nn1. The summed E-state index contributed by atoms with van der Waals surface area (Å²) in [5.41, 5.74) is 2.83. The third-order valence-electron chi connectivity index (χ3n) is 2.95. The normalized spacial score (nSPS) is 13.8. The van der Waals surface area contributed by atoms with Gasteiger partial charge in [-0.15, -0.1) is 5.10 Å². The van der Waals surface area contributed by atoms with Gasteiger partial charge in [-0.1, -0.05) is 29.5 Å². The van der Waals surface area contributed by atoms with E-state index < -0.39 is 0 Å². The molecular weight excluding hydrogens is 216 g/mol. The van der Waals surface area contributed by atoms with E-state index in [2.05, 4.69) is 22.4 Å². The zero-order valence-corrected chi connectivity index (χ0v) is 9.50. The Morgan fingerprint density at radius 1 is 1.24 bits per heavy atom. The molecule has 0 unspecified atom stereocenters. The predicted octanol–water partition coefficient (Wildman–Crippen LogP) is 0.971. The van der Waals surface area contributed by atoms with Crippen LogP contribution < -0.4 is 0 Å². The Hall–Kier alpha value is -2.17. The Morgan fingerprint density at radius 2 is 1.88 bits per heavy atom. The minimum absolute atomic E-state index is 0.0608. The molecule has 0 spiro atoms. The van der Waals surface area contributed by atoms with Gasteiger partial charge in [0, 0.05) is 20.1 Å². The van der Waals surface area contributed by atoms with Crippen molar-refractivity contribution in [2.24, 2.45) is 7.05 Å². The fourth-order valence-corrected chi connectivity index (χ4v) is 2.08. The van der Waals surface area contributed by atoms with E-state index in [1.54, 1.807) is 18.1 Å². The number of aromatic nitrogens is 3. The highest BCUT2D eigenvalue weighted by Gasteiger charge is 2.25. The van der Waals surface area contributed by atoms with Gasteiger partial charge in [0.15, 0.2) is 5.69 Å². The molecule has 1 aliphatic rings. The largest absolute Gasteiger partial charge is 0.329 e. The van der Waals surface area contributed by atoms with E-state index in [0.717, 1.165) is 0 Å². The van der Waals surface area contributed by atoms with Crippen LogP contribution in [0.3, 0.4) is 0 Å². The van der Waals surface area contributed by atoms with E-state index in [9.17, 15) is 4.79 Å². The number of hydrogen-bond acceptors (Lipinski definition) is 3. The summed E-state index contributed by atoms with van der Waals surface area (Å²) >= 11 is 0. The summed E-state index contributed by atoms with van der Waals surface area (Å²) in [5.74, 6) is -0.0608. The third-order valence-corrected chi connectivity index (χ3v) is 2.95. The van der Waals surface area contributed by atoms with Crippen molar-refractivity contribution in [1.29, 1.82) is 0 Å². The summed E-state index contributed by atoms with van der Waals surface area (Å²) < 4.78 is 1.54. The number of fused-ring (bicyclic) bond motifs is 1. The Bertz CT molecular complexity index is 550. The van der Waals surface area contributed by atoms with Crippen LogP contribution in [0.2, 0.25) is 0 Å². The lowest BCUT2D eigenvalue weighted by atomic mass is 10.1. The molecule has 0 radical (unpaired) electrons. The van der Waals surface area contributed by atoms with Gasteiger partial charge >= 0.3 is 0 Å². The molecule has 0 aliphatic carbocycles. The highest BCUT2D eigenvalue weighted by molar-refractivity contribution is 5.92. The van der Waals surface area contributed by atoms with Crippen LogP contribution in [0.1, 0.15) is 21.6 Å². The van der Waals surface area contributed by atoms with Crippen LogP contribution >= 0.6 is 0 Å². The standard InChI is InChI=1S/C12H12N4O/c1-15-8-11(13-14-15)12(17)16-6-9-4-2-3-5-10(9)7-16/h2-5,8H,6-7H2,1H3. The van der Waals surface area contributed by atoms with Crippen molar-refractivity contribution < 1.29 is 4.79 Å². The van der Waals surface area contributed by atoms with Crippen LogP contribution in [0.5, 0.6) is 0 Å². The number of hydrogen-bond donors (Lipinski definition) is 0. The van der Waals surface area contributed by atoms with Crippen molar-refractivity contribution in [1.82, 2.24) is 19.9 Å². The number of carbonyl (C=O) groups is 1. The number of rotatable bonds is 1. The summed E-state index contributed by atoms with van der Waals surface area (Å²) in [6.45, 7) is 1.32. The van der Waals surface area contributed by atoms with Crippen LogP contribution in [0.25, 0.3) is 0 Å². The van der Waals surface area contributed by atoms with Gasteiger partial charge in [0.1, 0.15) is 0 Å². The maximum Gasteiger partial charge on any atom is 0.276 e. The molecule has 0 N–H and O–H groups in total. The quantitative estimate of drug-likeness (QED) is 0.730. The number of benzene rings is 1. The Kier molecular flexibility index (Phi) is 2.18. The molecule has 2 aromatic rings. The Labute approximate surface area is 98.7 Å². The molecule has 1 aromatic carbocycles. The average Bonchev–Trinajstić information content (AvgIpc) is 2.93. The summed E-state index contributed by atoms with van der Waals surface area (Å²) in [4.78, 5) is 13.9. The van der Waals surface area contributed by atoms with Crippen molar-refractivity contribution in [2.45, 2.75) is 13.1 Å². The summed E-state index contributed by atoms with van der Waals surface area (Å²) in [7, 11) is 1.75. The molecular formula is C12H12N4O. The van der Waals surface area contributed by atoms with Gasteiger partial charge in [0.25, 0.3) is 5.91 Å². The second kappa shape index (κ2) is 3.69. The maximum absolute atomic E-state index is 12.1. The van der Waals surface area contributed by atoms with E-state index in [0.29, 0.717) is 18.8 Å². The van der Waals surface area contributed by atoms with Gasteiger partial charge in [0.2, 0.25) is 0 Å². The van der Waals surface area contributed by atoms with Crippen molar-refractivity contribution in [3.8, 4) is 0 Å². The monoisotopic (exact) mass is 228 g/mol. The third kappa shape index (κ3) is 1.69. The number of carbonyl (C=O) groups excluding carboxylic acids is 1. The van der Waals surface area contributed by atoms with Crippen LogP contribution in [0, 0.1) is 0 Å². The molecule has 86 valence electrons. The molecule has 17 heavy (non-hydrogen) atoms. The van der Waals surface area contributed by atoms with E-state index in [1.807, 2.05) is 12.1 Å². The fourth-order valence-electron chi connectivity index (χ4n) is 2.08. The molecule has 5 nitrogen and oxygen atoms in total. The van der Waals surface area contributed by atoms with Crippen LogP contribution in [-0.2, 0) is 20.1 Å². The number of amides is 1. The van der Waals surface area contributed by atoms with E-state index >= 15 is 0 Å². The second-order valence-electron chi connectivity index (χ2n) is 4.21. The Morgan fingerprint density at radius 3 is 2.41 bits per heavy atom. The van der Waals surface area contributed by atoms with Crippen LogP contribution in [-0.4, -0.2) is 25.8 Å². The minimum Gasteiger partial charge on any atom is -0.329 e. The first kappa shape index (κ1) is 10.0. The lowest BCUT2D eigenvalue weighted by molar-refractivity contribution is 0.0745. The van der Waals surface area contributed by atoms with Crippen molar-refractivity contribution >= 4 is 5.91 Å². The van der Waals surface area contributed by atoms with Gasteiger partial charge in [-0.05, 0) is 11.1 Å². The smallest absolute Gasteiger partial charge is 0.276 e. The molecule has 2 heterocycles. The predicted molar refractivity (Wildman–Crippen MR) is 61.0 cm³/mol. The zero-order valence-electron chi connectivity index (χ0n) is 9.50. The second-order valence-corrected chi connectivity index (χ2v) is 4.21. The van der Waals surface area contributed by atoms with Gasteiger partial charge in [-0.3, -0.25) is 9.48 Å². The molecule has 1 aliphatic heterocycles. The van der Waals surface area contributed by atoms with Gasteiger partial charge in [-0.25, -0.2) is 0 Å². The van der Waals surface area contributed by atoms with Crippen LogP contribution in [0.15, 0.2) is 30.5 Å². The Balaban J connectivity index is 1.83. The van der Waals surface area contributed by atoms with Crippen LogP contribution in [0.4, 0.5) is 0 Å². The van der Waals surface area contributed by atoms with E-state index in [1.165, 1.54) is 15.8 Å². The molecule has 5 heteroatoms. The molecule has 1 amide bonds. The molecule has 0 saturated carbocycles. The summed E-state index contributed by atoms with van der Waals surface area (Å²) in [6.07, 6.45) is 1.64. The lowest BCUT2D eigenvalue weighted by Gasteiger charge is -2.12. The molecule has 0 atom stereocenters. The average molecular weight is 228 g/mol. The van der Waals surface area contributed by atoms with Gasteiger partial charge in [0.05, 0.1) is 6.20 Å². The first-order chi connectivity index (χ1) is 8.24. The van der Waals surface area contributed by atoms with E-state index in [4.69, 9.17) is 0 Å². The summed E-state index contributed by atoms with van der Waals surface area (Å²) in [6, 6.07) is 8.10. The zero-order chi connectivity index (χ0) is 11.8. The fraction of sp³-hybridized carbons (Fsp3) is 0.250. The van der Waals surface area contributed by atoms with Crippen molar-refractivity contribution in [3.05, 3.63) is 47.3 Å². The van der Waals surface area contributed by atoms with Crippen molar-refractivity contribution in [3.63, 3.8) is 0 Å². The summed E-state index contributed by atoms with van der Waals surface area (Å²) in [5, 5.41) is 7.62. The molecule has 0 saturated heterocycles. The van der Waals surface area contributed by atoms with Gasteiger partial charge in [-0.2, -0.15) is 0 Å².